The van der Waals surface area contributed by atoms with Crippen molar-refractivity contribution in [3.05, 3.63) is 24.8 Å². The third-order valence-corrected chi connectivity index (χ3v) is 1.72. The minimum Gasteiger partial charge on any atom is -0.251 e. The number of allylic oxidation sites excluding steroid dienone is 2. The molecule has 1 N–H and O–H groups in total. The summed E-state index contributed by atoms with van der Waals surface area (Å²) in [5, 5.41) is 8.40. The summed E-state index contributed by atoms with van der Waals surface area (Å²) in [7, 11) is 0. The second-order valence-corrected chi connectivity index (χ2v) is 3.11. The van der Waals surface area contributed by atoms with Crippen molar-refractivity contribution in [2.24, 2.45) is 0 Å². The van der Waals surface area contributed by atoms with Gasteiger partial charge in [0.05, 0.1) is 0 Å². The standard InChI is InChI=1S/C7H12O2.C3H6/c1-7(9-8)5-3-2-4-6-7;1-3-2/h3,5,8H,2,4,6H2,1H3;3H,1H2,2H3. The van der Waals surface area contributed by atoms with Crippen LogP contribution < -0.4 is 0 Å². The molecule has 1 aliphatic carbocycles. The van der Waals surface area contributed by atoms with Gasteiger partial charge in [0, 0.05) is 0 Å². The van der Waals surface area contributed by atoms with Crippen LogP contribution in [0.5, 0.6) is 0 Å². The average molecular weight is 170 g/mol. The van der Waals surface area contributed by atoms with Gasteiger partial charge in [-0.15, -0.1) is 6.58 Å². The SMILES string of the molecule is C=CC.CC1(OO)C=CCCC1. The van der Waals surface area contributed by atoms with Crippen molar-refractivity contribution < 1.29 is 10.1 Å². The average Bonchev–Trinajstić information content (AvgIpc) is 2.07. The molecule has 1 aliphatic rings. The van der Waals surface area contributed by atoms with E-state index in [1.807, 2.05) is 26.0 Å². The highest BCUT2D eigenvalue weighted by molar-refractivity contribution is 5.02. The van der Waals surface area contributed by atoms with Crippen molar-refractivity contribution in [1.82, 2.24) is 0 Å². The fourth-order valence-electron chi connectivity index (χ4n) is 1.06. The molecule has 2 heteroatoms. The van der Waals surface area contributed by atoms with Gasteiger partial charge in [-0.3, -0.25) is 5.26 Å². The number of rotatable bonds is 1. The lowest BCUT2D eigenvalue weighted by Crippen LogP contribution is -2.26. The molecule has 0 bridgehead atoms. The smallest absolute Gasteiger partial charge is 0.119 e. The summed E-state index contributed by atoms with van der Waals surface area (Å²) in [4.78, 5) is 4.29. The van der Waals surface area contributed by atoms with Crippen LogP contribution in [0.25, 0.3) is 0 Å². The molecule has 0 saturated carbocycles. The molecule has 0 aliphatic heterocycles. The fraction of sp³-hybridized carbons (Fsp3) is 0.600. The molecule has 0 aromatic carbocycles. The van der Waals surface area contributed by atoms with Gasteiger partial charge >= 0.3 is 0 Å². The minimum absolute atomic E-state index is 0.405. The van der Waals surface area contributed by atoms with Crippen LogP contribution in [0.15, 0.2) is 24.8 Å². The van der Waals surface area contributed by atoms with E-state index < -0.39 is 5.60 Å². The van der Waals surface area contributed by atoms with Crippen LogP contribution in [0.1, 0.15) is 33.1 Å². The van der Waals surface area contributed by atoms with Crippen molar-refractivity contribution >= 4 is 0 Å². The summed E-state index contributed by atoms with van der Waals surface area (Å²) in [6.45, 7) is 7.13. The van der Waals surface area contributed by atoms with E-state index in [4.69, 9.17) is 5.26 Å². The van der Waals surface area contributed by atoms with Crippen LogP contribution in [-0.4, -0.2) is 10.9 Å². The first-order valence-electron chi connectivity index (χ1n) is 4.26. The molecule has 0 saturated heterocycles. The van der Waals surface area contributed by atoms with E-state index in [9.17, 15) is 0 Å². The second kappa shape index (κ2) is 5.98. The van der Waals surface area contributed by atoms with Gasteiger partial charge in [-0.1, -0.05) is 18.2 Å². The van der Waals surface area contributed by atoms with Crippen molar-refractivity contribution in [3.63, 3.8) is 0 Å². The van der Waals surface area contributed by atoms with Gasteiger partial charge in [0.25, 0.3) is 0 Å². The van der Waals surface area contributed by atoms with E-state index >= 15 is 0 Å². The third-order valence-electron chi connectivity index (χ3n) is 1.72. The van der Waals surface area contributed by atoms with Gasteiger partial charge in [0.15, 0.2) is 0 Å². The normalized spacial score (nSPS) is 27.2. The zero-order valence-corrected chi connectivity index (χ0v) is 7.92. The molecule has 0 fully saturated rings. The molecular formula is C10H18O2. The van der Waals surface area contributed by atoms with Crippen molar-refractivity contribution in [1.29, 1.82) is 0 Å². The zero-order valence-electron chi connectivity index (χ0n) is 7.92. The van der Waals surface area contributed by atoms with Gasteiger partial charge < -0.3 is 0 Å². The highest BCUT2D eigenvalue weighted by Crippen LogP contribution is 2.23. The molecule has 0 spiro atoms. The minimum atomic E-state index is -0.405. The lowest BCUT2D eigenvalue weighted by molar-refractivity contribution is -0.305. The Labute approximate surface area is 74.5 Å². The Balaban J connectivity index is 0.000000354. The van der Waals surface area contributed by atoms with Crippen molar-refractivity contribution in [2.45, 2.75) is 38.7 Å². The summed E-state index contributed by atoms with van der Waals surface area (Å²) in [6.07, 6.45) is 8.84. The first-order valence-corrected chi connectivity index (χ1v) is 4.26. The largest absolute Gasteiger partial charge is 0.251 e. The monoisotopic (exact) mass is 170 g/mol. The molecular weight excluding hydrogens is 152 g/mol. The fourth-order valence-corrected chi connectivity index (χ4v) is 1.06. The maximum Gasteiger partial charge on any atom is 0.119 e. The summed E-state index contributed by atoms with van der Waals surface area (Å²) in [5.41, 5.74) is -0.405. The first-order chi connectivity index (χ1) is 5.68. The first kappa shape index (κ1) is 11.4. The van der Waals surface area contributed by atoms with Crippen molar-refractivity contribution in [3.8, 4) is 0 Å². The third kappa shape index (κ3) is 4.31. The highest BCUT2D eigenvalue weighted by Gasteiger charge is 2.23. The van der Waals surface area contributed by atoms with E-state index in [2.05, 4.69) is 11.5 Å². The lowest BCUT2D eigenvalue weighted by Gasteiger charge is -2.24. The maximum atomic E-state index is 8.40. The predicted octanol–water partition coefficient (Wildman–Crippen LogP) is 3.17. The zero-order chi connectivity index (χ0) is 9.45. The molecule has 1 atom stereocenters. The number of hydrogen-bond acceptors (Lipinski definition) is 2. The molecule has 0 aromatic rings. The van der Waals surface area contributed by atoms with Crippen LogP contribution in [0.3, 0.4) is 0 Å². The van der Waals surface area contributed by atoms with Crippen LogP contribution in [-0.2, 0) is 4.89 Å². The number of hydrogen-bond donors (Lipinski definition) is 1. The lowest BCUT2D eigenvalue weighted by atomic mass is 9.93. The highest BCUT2D eigenvalue weighted by atomic mass is 17.1. The Bertz CT molecular complexity index is 152. The molecule has 0 amide bonds. The van der Waals surface area contributed by atoms with Gasteiger partial charge in [-0.05, 0) is 33.1 Å². The molecule has 70 valence electrons. The Morgan fingerprint density at radius 1 is 1.67 bits per heavy atom. The Morgan fingerprint density at radius 3 is 2.50 bits per heavy atom. The molecule has 0 radical (unpaired) electrons. The summed E-state index contributed by atoms with van der Waals surface area (Å²) in [6, 6.07) is 0. The van der Waals surface area contributed by atoms with Crippen LogP contribution >= 0.6 is 0 Å². The van der Waals surface area contributed by atoms with Crippen LogP contribution in [0.4, 0.5) is 0 Å². The summed E-state index contributed by atoms with van der Waals surface area (Å²) < 4.78 is 0. The van der Waals surface area contributed by atoms with Gasteiger partial charge in [0.1, 0.15) is 5.60 Å². The molecule has 12 heavy (non-hydrogen) atoms. The van der Waals surface area contributed by atoms with Crippen LogP contribution in [0.2, 0.25) is 0 Å². The van der Waals surface area contributed by atoms with Crippen molar-refractivity contribution in [2.75, 3.05) is 0 Å². The Morgan fingerprint density at radius 2 is 2.25 bits per heavy atom. The van der Waals surface area contributed by atoms with E-state index in [1.54, 1.807) is 6.08 Å². The second-order valence-electron chi connectivity index (χ2n) is 3.11. The van der Waals surface area contributed by atoms with E-state index in [1.165, 1.54) is 0 Å². The quantitative estimate of drug-likeness (QED) is 0.372. The molecule has 1 unspecified atom stereocenters. The summed E-state index contributed by atoms with van der Waals surface area (Å²) >= 11 is 0. The molecule has 0 aromatic heterocycles. The van der Waals surface area contributed by atoms with Gasteiger partial charge in [-0.25, -0.2) is 4.89 Å². The molecule has 2 nitrogen and oxygen atoms in total. The molecule has 1 rings (SSSR count). The van der Waals surface area contributed by atoms with E-state index in [0.29, 0.717) is 0 Å². The topological polar surface area (TPSA) is 29.5 Å². The van der Waals surface area contributed by atoms with E-state index in [-0.39, 0.29) is 0 Å². The predicted molar refractivity (Wildman–Crippen MR) is 51.0 cm³/mol. The van der Waals surface area contributed by atoms with E-state index in [0.717, 1.165) is 19.3 Å². The van der Waals surface area contributed by atoms with Gasteiger partial charge in [0.2, 0.25) is 0 Å². The maximum absolute atomic E-state index is 8.40. The van der Waals surface area contributed by atoms with Crippen LogP contribution in [0, 0.1) is 0 Å². The molecule has 0 heterocycles. The summed E-state index contributed by atoms with van der Waals surface area (Å²) in [5.74, 6) is 0. The van der Waals surface area contributed by atoms with Gasteiger partial charge in [-0.2, -0.15) is 0 Å². The Kier molecular flexibility index (Phi) is 5.68. The Hall–Kier alpha value is -0.600.